The lowest BCUT2D eigenvalue weighted by molar-refractivity contribution is -0.387. The zero-order valence-electron chi connectivity index (χ0n) is 30.9. The van der Waals surface area contributed by atoms with E-state index in [2.05, 4.69) is 25.7 Å². The van der Waals surface area contributed by atoms with Crippen molar-refractivity contribution in [2.75, 3.05) is 5.32 Å². The molecule has 0 bridgehead atoms. The first-order chi connectivity index (χ1) is 27.4. The standard InChI is InChI=1S/C21H20N4O3.C15H17N3O.C6H4FNO2/c26-20-16-6-2-1-5-15(16)19(23-24-20)13-9-21(10-13)11-14(12-21)22-17-7-3-4-8-18(17)25(27)28;16-10-7-15(8-10)5-9(6-15)13-11-3-1-2-4-12(11)14(19)18-17-13;7-5-3-1-2-4-6(5)8(9)10/h1-8,13-14,22H,9-12H2,(H,24,26);1-4,9-10H,5-8,16H2,(H,18,19);1-4H. The molecule has 0 saturated heterocycles. The number of hydrogen-bond donors (Lipinski definition) is 4. The highest BCUT2D eigenvalue weighted by Crippen LogP contribution is 2.63. The van der Waals surface area contributed by atoms with Crippen LogP contribution in [0.1, 0.15) is 74.6 Å². The fraction of sp³-hybridized carbons (Fsp3) is 0.333. The average Bonchev–Trinajstić information content (AvgIpc) is 3.15. The van der Waals surface area contributed by atoms with Gasteiger partial charge in [0.25, 0.3) is 16.8 Å². The van der Waals surface area contributed by atoms with Crippen molar-refractivity contribution < 1.29 is 14.2 Å². The number of halogens is 1. The van der Waals surface area contributed by atoms with Gasteiger partial charge in [0, 0.05) is 46.8 Å². The first kappa shape index (κ1) is 37.6. The second-order valence-electron chi connectivity index (χ2n) is 16.1. The fourth-order valence-electron chi connectivity index (χ4n) is 9.63. The molecule has 0 unspecified atom stereocenters. The van der Waals surface area contributed by atoms with Crippen LogP contribution in [0.5, 0.6) is 0 Å². The summed E-state index contributed by atoms with van der Waals surface area (Å²) in [5.74, 6) is 0.0375. The van der Waals surface area contributed by atoms with Gasteiger partial charge in [-0.15, -0.1) is 0 Å². The van der Waals surface area contributed by atoms with E-state index in [1.165, 1.54) is 31.0 Å². The first-order valence-electron chi connectivity index (χ1n) is 19.0. The summed E-state index contributed by atoms with van der Waals surface area (Å²) < 4.78 is 12.4. The molecule has 292 valence electrons. The van der Waals surface area contributed by atoms with Crippen LogP contribution in [0.2, 0.25) is 0 Å². The van der Waals surface area contributed by atoms with Crippen LogP contribution in [0.4, 0.5) is 21.5 Å². The molecule has 57 heavy (non-hydrogen) atoms. The summed E-state index contributed by atoms with van der Waals surface area (Å²) in [7, 11) is 0. The molecule has 15 heteroatoms. The number of nitrogens with two attached hydrogens (primary N) is 1. The van der Waals surface area contributed by atoms with Crippen LogP contribution >= 0.6 is 0 Å². The van der Waals surface area contributed by atoms with E-state index in [0.717, 1.165) is 78.2 Å². The molecule has 2 spiro atoms. The molecular weight excluding hydrogens is 732 g/mol. The molecule has 5 N–H and O–H groups in total. The van der Waals surface area contributed by atoms with Crippen LogP contribution in [0.25, 0.3) is 21.5 Å². The number of aromatic amines is 2. The van der Waals surface area contributed by atoms with E-state index in [9.17, 15) is 34.2 Å². The van der Waals surface area contributed by atoms with Crippen molar-refractivity contribution >= 4 is 38.6 Å². The number of anilines is 1. The normalized spacial score (nSPS) is 25.4. The predicted octanol–water partition coefficient (Wildman–Crippen LogP) is 7.61. The highest BCUT2D eigenvalue weighted by molar-refractivity contribution is 5.84. The molecule has 4 aliphatic rings. The zero-order chi connectivity index (χ0) is 39.9. The molecule has 2 heterocycles. The number of nitro groups is 2. The van der Waals surface area contributed by atoms with Gasteiger partial charge in [0.05, 0.1) is 32.0 Å². The van der Waals surface area contributed by atoms with Gasteiger partial charge in [0.1, 0.15) is 5.69 Å². The third-order valence-electron chi connectivity index (χ3n) is 12.2. The number of H-pyrrole nitrogens is 2. The van der Waals surface area contributed by atoms with Crippen LogP contribution in [0.15, 0.2) is 107 Å². The summed E-state index contributed by atoms with van der Waals surface area (Å²) in [6, 6.07) is 27.8. The largest absolute Gasteiger partial charge is 0.377 e. The molecule has 4 aromatic carbocycles. The van der Waals surface area contributed by atoms with Crippen molar-refractivity contribution in [2.24, 2.45) is 16.6 Å². The Hall–Kier alpha value is -6.35. The Morgan fingerprint density at radius 3 is 1.49 bits per heavy atom. The van der Waals surface area contributed by atoms with Gasteiger partial charge in [-0.3, -0.25) is 29.8 Å². The molecule has 6 aromatic rings. The van der Waals surface area contributed by atoms with Crippen molar-refractivity contribution in [3.8, 4) is 0 Å². The topological polar surface area (TPSA) is 216 Å². The van der Waals surface area contributed by atoms with E-state index >= 15 is 0 Å². The van der Waals surface area contributed by atoms with E-state index in [4.69, 9.17) is 5.73 Å². The summed E-state index contributed by atoms with van der Waals surface area (Å²) in [4.78, 5) is 43.8. The second-order valence-corrected chi connectivity index (χ2v) is 16.1. The van der Waals surface area contributed by atoms with E-state index in [-0.39, 0.29) is 27.8 Å². The molecule has 10 rings (SSSR count). The van der Waals surface area contributed by atoms with Crippen molar-refractivity contribution in [1.82, 2.24) is 20.4 Å². The van der Waals surface area contributed by atoms with Crippen molar-refractivity contribution in [3.05, 3.63) is 155 Å². The van der Waals surface area contributed by atoms with Gasteiger partial charge in [-0.05, 0) is 86.5 Å². The summed E-state index contributed by atoms with van der Waals surface area (Å²) in [5, 5.41) is 41.8. The average molecular weight is 773 g/mol. The minimum absolute atomic E-state index is 0.0981. The Morgan fingerprint density at radius 1 is 0.614 bits per heavy atom. The Labute approximate surface area is 325 Å². The van der Waals surface area contributed by atoms with Gasteiger partial charge in [0.15, 0.2) is 0 Å². The number of rotatable bonds is 6. The van der Waals surface area contributed by atoms with E-state index in [1.807, 2.05) is 54.6 Å². The van der Waals surface area contributed by atoms with Crippen LogP contribution in [-0.2, 0) is 0 Å². The smallest absolute Gasteiger partial charge is 0.304 e. The van der Waals surface area contributed by atoms with Crippen LogP contribution < -0.4 is 22.2 Å². The lowest BCUT2D eigenvalue weighted by atomic mass is 9.49. The molecular formula is C42H41FN8O6. The van der Waals surface area contributed by atoms with E-state index in [0.29, 0.717) is 39.8 Å². The van der Waals surface area contributed by atoms with Crippen molar-refractivity contribution in [2.45, 2.75) is 75.3 Å². The number of nitrogens with zero attached hydrogens (tertiary/aromatic N) is 4. The Kier molecular flexibility index (Phi) is 9.86. The molecule has 0 atom stereocenters. The summed E-state index contributed by atoms with van der Waals surface area (Å²) >= 11 is 0. The third kappa shape index (κ3) is 7.37. The molecule has 4 fully saturated rings. The minimum Gasteiger partial charge on any atom is -0.377 e. The van der Waals surface area contributed by atoms with Crippen LogP contribution in [0, 0.1) is 36.9 Å². The predicted molar refractivity (Wildman–Crippen MR) is 214 cm³/mol. The summed E-state index contributed by atoms with van der Waals surface area (Å²) in [6.45, 7) is 0. The number of nitrogens with one attached hydrogen (secondary N) is 3. The summed E-state index contributed by atoms with van der Waals surface area (Å²) in [6.07, 6.45) is 8.77. The SMILES string of the molecule is NC1CC2(C1)CC(c1n[nH]c(=O)c3ccccc13)C2.O=[N+]([O-])c1ccccc1F.O=c1[nH]nc(C2CC3(CC(Nc4ccccc4[N+](=O)[O-])C3)C2)c2ccccc12. The van der Waals surface area contributed by atoms with Gasteiger partial charge in [-0.1, -0.05) is 60.7 Å². The Morgan fingerprint density at radius 2 is 1.04 bits per heavy atom. The van der Waals surface area contributed by atoms with Gasteiger partial charge >= 0.3 is 5.69 Å². The van der Waals surface area contributed by atoms with E-state index < -0.39 is 16.4 Å². The number of para-hydroxylation sites is 3. The number of fused-ring (bicyclic) bond motifs is 2. The van der Waals surface area contributed by atoms with Crippen molar-refractivity contribution in [3.63, 3.8) is 0 Å². The zero-order valence-corrected chi connectivity index (χ0v) is 30.9. The van der Waals surface area contributed by atoms with Gasteiger partial charge < -0.3 is 11.1 Å². The highest BCUT2D eigenvalue weighted by Gasteiger charge is 2.54. The summed E-state index contributed by atoms with van der Waals surface area (Å²) in [5.41, 5.74) is 8.71. The number of hydrogen-bond acceptors (Lipinski definition) is 10. The maximum absolute atomic E-state index is 12.4. The molecule has 14 nitrogen and oxygen atoms in total. The van der Waals surface area contributed by atoms with E-state index in [1.54, 1.807) is 12.1 Å². The van der Waals surface area contributed by atoms with Gasteiger partial charge in [-0.25, -0.2) is 10.2 Å². The maximum Gasteiger partial charge on any atom is 0.304 e. The lowest BCUT2D eigenvalue weighted by Gasteiger charge is -2.58. The number of aromatic nitrogens is 4. The van der Waals surface area contributed by atoms with Crippen molar-refractivity contribution in [1.29, 1.82) is 0 Å². The van der Waals surface area contributed by atoms with Crippen LogP contribution in [0.3, 0.4) is 0 Å². The second kappa shape index (κ2) is 15.0. The van der Waals surface area contributed by atoms with Crippen LogP contribution in [-0.4, -0.2) is 42.3 Å². The molecule has 4 saturated carbocycles. The molecule has 2 aromatic heterocycles. The molecule has 0 aliphatic heterocycles. The quantitative estimate of drug-likeness (QED) is 0.0960. The molecule has 0 amide bonds. The first-order valence-corrected chi connectivity index (χ1v) is 19.0. The fourth-order valence-corrected chi connectivity index (χ4v) is 9.63. The maximum atomic E-state index is 12.4. The Balaban J connectivity index is 0.000000135. The Bertz CT molecular complexity index is 2600. The lowest BCUT2D eigenvalue weighted by Crippen LogP contribution is -2.52. The van der Waals surface area contributed by atoms with Gasteiger partial charge in [-0.2, -0.15) is 14.6 Å². The molecule has 0 radical (unpaired) electrons. The number of nitro benzene ring substituents is 2. The number of benzene rings is 4. The van der Waals surface area contributed by atoms with Gasteiger partial charge in [0.2, 0.25) is 5.82 Å². The third-order valence-corrected chi connectivity index (χ3v) is 12.2. The minimum atomic E-state index is -0.799. The monoisotopic (exact) mass is 772 g/mol. The highest BCUT2D eigenvalue weighted by atomic mass is 19.1. The molecule has 4 aliphatic carbocycles.